The minimum atomic E-state index is 0.667. The zero-order valence-electron chi connectivity index (χ0n) is 31.3. The lowest BCUT2D eigenvalue weighted by Gasteiger charge is -2.27. The lowest BCUT2D eigenvalue weighted by Crippen LogP contribution is -2.17. The summed E-state index contributed by atoms with van der Waals surface area (Å²) in [5, 5.41) is 9.59. The maximum atomic E-state index is 6.83. The van der Waals surface area contributed by atoms with Crippen molar-refractivity contribution in [3.8, 4) is 33.4 Å². The van der Waals surface area contributed by atoms with Gasteiger partial charge in [-0.15, -0.1) is 0 Å². The number of rotatable bonds is 7. The smallest absolute Gasteiger partial charge is 0.143 e. The van der Waals surface area contributed by atoms with E-state index in [1.807, 2.05) is 0 Å². The number of benzene rings is 10. The molecule has 0 atom stereocenters. The van der Waals surface area contributed by atoms with Crippen molar-refractivity contribution in [1.82, 2.24) is 0 Å². The number of fused-ring (bicyclic) bond motifs is 7. The van der Waals surface area contributed by atoms with Crippen LogP contribution in [0.5, 0.6) is 0 Å². The summed E-state index contributed by atoms with van der Waals surface area (Å²) in [7, 11) is 0. The third-order valence-electron chi connectivity index (χ3n) is 11.5. The highest BCUT2D eigenvalue weighted by Gasteiger charge is 2.19. The molecule has 57 heavy (non-hydrogen) atoms. The first-order valence-corrected chi connectivity index (χ1v) is 19.6. The standard InChI is InChI=1S/C55H37NO/c1-3-13-42-34-44(22-20-37(42)10-1)39-24-29-47(30-25-39)56(48-31-26-40(27-32-48)45-23-21-38-11-2-4-14-43(38)35-45)36-46-15-6-7-16-49(46)51-18-9-19-52-53-33-28-41-12-5-8-17-50(41)54(53)57-55(51)52/h1-35H,36H2. The fourth-order valence-electron chi connectivity index (χ4n) is 8.57. The van der Waals surface area contributed by atoms with E-state index in [1.165, 1.54) is 54.7 Å². The van der Waals surface area contributed by atoms with Gasteiger partial charge >= 0.3 is 0 Å². The van der Waals surface area contributed by atoms with E-state index in [4.69, 9.17) is 4.42 Å². The third kappa shape index (κ3) is 5.91. The topological polar surface area (TPSA) is 16.4 Å². The molecule has 0 spiro atoms. The van der Waals surface area contributed by atoms with Crippen LogP contribution in [0.15, 0.2) is 217 Å². The minimum Gasteiger partial charge on any atom is -0.455 e. The molecular weight excluding hydrogens is 691 g/mol. The normalized spacial score (nSPS) is 11.6. The second-order valence-corrected chi connectivity index (χ2v) is 14.9. The molecule has 0 aliphatic rings. The molecule has 0 amide bonds. The van der Waals surface area contributed by atoms with Crippen molar-refractivity contribution in [3.63, 3.8) is 0 Å². The highest BCUT2D eigenvalue weighted by atomic mass is 16.3. The van der Waals surface area contributed by atoms with E-state index >= 15 is 0 Å². The molecule has 11 rings (SSSR count). The molecule has 1 heterocycles. The van der Waals surface area contributed by atoms with Crippen molar-refractivity contribution in [1.29, 1.82) is 0 Å². The van der Waals surface area contributed by atoms with E-state index in [2.05, 4.69) is 217 Å². The summed E-state index contributed by atoms with van der Waals surface area (Å²) in [5.41, 5.74) is 12.4. The van der Waals surface area contributed by atoms with Crippen molar-refractivity contribution >= 4 is 65.6 Å². The van der Waals surface area contributed by atoms with Gasteiger partial charge in [0.05, 0.1) is 0 Å². The van der Waals surface area contributed by atoms with Gasteiger partial charge in [0.25, 0.3) is 0 Å². The number of furan rings is 1. The number of anilines is 2. The second kappa shape index (κ2) is 13.7. The maximum absolute atomic E-state index is 6.83. The molecule has 0 radical (unpaired) electrons. The molecule has 268 valence electrons. The van der Waals surface area contributed by atoms with Gasteiger partial charge in [0.15, 0.2) is 0 Å². The summed E-state index contributed by atoms with van der Waals surface area (Å²) < 4.78 is 6.83. The van der Waals surface area contributed by atoms with Gasteiger partial charge in [0.2, 0.25) is 0 Å². The third-order valence-corrected chi connectivity index (χ3v) is 11.5. The Kier molecular flexibility index (Phi) is 7.93. The van der Waals surface area contributed by atoms with E-state index in [1.54, 1.807) is 0 Å². The van der Waals surface area contributed by atoms with Crippen LogP contribution in [0.3, 0.4) is 0 Å². The van der Waals surface area contributed by atoms with Crippen molar-refractivity contribution in [2.24, 2.45) is 0 Å². The second-order valence-electron chi connectivity index (χ2n) is 14.9. The fraction of sp³-hybridized carbons (Fsp3) is 0.0182. The van der Waals surface area contributed by atoms with Crippen LogP contribution in [0.4, 0.5) is 11.4 Å². The predicted molar refractivity (Wildman–Crippen MR) is 241 cm³/mol. The first-order chi connectivity index (χ1) is 28.2. The monoisotopic (exact) mass is 727 g/mol. The van der Waals surface area contributed by atoms with Gasteiger partial charge in [0.1, 0.15) is 11.2 Å². The Morgan fingerprint density at radius 3 is 1.44 bits per heavy atom. The Morgan fingerprint density at radius 1 is 0.316 bits per heavy atom. The molecule has 0 aliphatic heterocycles. The minimum absolute atomic E-state index is 0.667. The summed E-state index contributed by atoms with van der Waals surface area (Å²) in [6, 6.07) is 76.8. The van der Waals surface area contributed by atoms with E-state index in [0.29, 0.717) is 6.54 Å². The average Bonchev–Trinajstić information content (AvgIpc) is 3.68. The first kappa shape index (κ1) is 33.0. The van der Waals surface area contributed by atoms with Crippen LogP contribution in [0.1, 0.15) is 5.56 Å². The van der Waals surface area contributed by atoms with Crippen LogP contribution < -0.4 is 4.90 Å². The molecule has 2 nitrogen and oxygen atoms in total. The predicted octanol–water partition coefficient (Wildman–Crippen LogP) is 15.4. The van der Waals surface area contributed by atoms with E-state index < -0.39 is 0 Å². The lowest BCUT2D eigenvalue weighted by atomic mass is 9.96. The highest BCUT2D eigenvalue weighted by Crippen LogP contribution is 2.41. The molecule has 10 aromatic carbocycles. The maximum Gasteiger partial charge on any atom is 0.143 e. The largest absolute Gasteiger partial charge is 0.455 e. The highest BCUT2D eigenvalue weighted by molar-refractivity contribution is 6.17. The van der Waals surface area contributed by atoms with Crippen LogP contribution in [0.2, 0.25) is 0 Å². The van der Waals surface area contributed by atoms with Gasteiger partial charge in [-0.05, 0) is 103 Å². The summed E-state index contributed by atoms with van der Waals surface area (Å²) in [6.45, 7) is 0.667. The number of nitrogens with zero attached hydrogens (tertiary/aromatic N) is 1. The Morgan fingerprint density at radius 2 is 0.789 bits per heavy atom. The molecule has 0 unspecified atom stereocenters. The van der Waals surface area contributed by atoms with Crippen LogP contribution in [-0.4, -0.2) is 0 Å². The average molecular weight is 728 g/mol. The molecule has 1 aromatic heterocycles. The number of hydrogen-bond donors (Lipinski definition) is 0. The van der Waals surface area contributed by atoms with Crippen molar-refractivity contribution in [2.75, 3.05) is 4.90 Å². The van der Waals surface area contributed by atoms with Crippen molar-refractivity contribution in [3.05, 3.63) is 218 Å². The van der Waals surface area contributed by atoms with Gasteiger partial charge in [-0.1, -0.05) is 170 Å². The van der Waals surface area contributed by atoms with Crippen LogP contribution in [0, 0.1) is 0 Å². The van der Waals surface area contributed by atoms with E-state index in [9.17, 15) is 0 Å². The summed E-state index contributed by atoms with van der Waals surface area (Å²) in [5.74, 6) is 0. The fourth-order valence-corrected chi connectivity index (χ4v) is 8.57. The van der Waals surface area contributed by atoms with Gasteiger partial charge in [0, 0.05) is 39.6 Å². The van der Waals surface area contributed by atoms with Crippen molar-refractivity contribution in [2.45, 2.75) is 6.54 Å². The SMILES string of the molecule is c1ccc(-c2cccc3c2oc2c4ccccc4ccc32)c(CN(c2ccc(-c3ccc4ccccc4c3)cc2)c2ccc(-c3ccc4ccccc4c3)cc2)c1. The quantitative estimate of drug-likeness (QED) is 0.163. The Hall–Kier alpha value is -7.42. The summed E-state index contributed by atoms with van der Waals surface area (Å²) in [4.78, 5) is 2.43. The lowest BCUT2D eigenvalue weighted by molar-refractivity contribution is 0.673. The van der Waals surface area contributed by atoms with Crippen LogP contribution in [-0.2, 0) is 6.54 Å². The van der Waals surface area contributed by atoms with Gasteiger partial charge in [-0.2, -0.15) is 0 Å². The Bertz CT molecular complexity index is 3140. The molecule has 0 N–H and O–H groups in total. The summed E-state index contributed by atoms with van der Waals surface area (Å²) >= 11 is 0. The molecule has 11 aromatic rings. The molecular formula is C55H37NO. The molecule has 2 heteroatoms. The van der Waals surface area contributed by atoms with Gasteiger partial charge < -0.3 is 9.32 Å². The molecule has 0 aliphatic carbocycles. The first-order valence-electron chi connectivity index (χ1n) is 19.6. The van der Waals surface area contributed by atoms with E-state index in [0.717, 1.165) is 49.8 Å². The Labute approximate surface area is 331 Å². The zero-order valence-corrected chi connectivity index (χ0v) is 31.3. The zero-order chi connectivity index (χ0) is 37.7. The van der Waals surface area contributed by atoms with Crippen LogP contribution >= 0.6 is 0 Å². The molecule has 0 fully saturated rings. The van der Waals surface area contributed by atoms with Crippen molar-refractivity contribution < 1.29 is 4.42 Å². The molecule has 0 bridgehead atoms. The van der Waals surface area contributed by atoms with Gasteiger partial charge in [-0.25, -0.2) is 0 Å². The number of hydrogen-bond acceptors (Lipinski definition) is 2. The van der Waals surface area contributed by atoms with Gasteiger partial charge in [-0.3, -0.25) is 0 Å². The number of para-hydroxylation sites is 1. The Balaban J connectivity index is 1.01. The molecule has 0 saturated heterocycles. The summed E-state index contributed by atoms with van der Waals surface area (Å²) in [6.07, 6.45) is 0. The van der Waals surface area contributed by atoms with E-state index in [-0.39, 0.29) is 0 Å². The molecule has 0 saturated carbocycles. The van der Waals surface area contributed by atoms with Crippen LogP contribution in [0.25, 0.3) is 87.6 Å².